The highest BCUT2D eigenvalue weighted by atomic mass is 16.2. The van der Waals surface area contributed by atoms with E-state index in [4.69, 9.17) is 11.0 Å². The molecule has 0 saturated carbocycles. The summed E-state index contributed by atoms with van der Waals surface area (Å²) in [5.41, 5.74) is 6.50. The molecule has 1 amide bonds. The van der Waals surface area contributed by atoms with Crippen LogP contribution in [0, 0.1) is 11.3 Å². The van der Waals surface area contributed by atoms with Gasteiger partial charge in [-0.25, -0.2) is 0 Å². The molecule has 0 aliphatic rings. The zero-order valence-electron chi connectivity index (χ0n) is 8.31. The Morgan fingerprint density at radius 1 is 1.47 bits per heavy atom. The van der Waals surface area contributed by atoms with E-state index >= 15 is 0 Å². The van der Waals surface area contributed by atoms with Crippen molar-refractivity contribution in [1.29, 1.82) is 5.26 Å². The minimum absolute atomic E-state index is 0.253. The van der Waals surface area contributed by atoms with Crippen molar-refractivity contribution in [2.45, 2.75) is 12.5 Å². The summed E-state index contributed by atoms with van der Waals surface area (Å²) in [5.74, 6) is -0.253. The van der Waals surface area contributed by atoms with Crippen LogP contribution < -0.4 is 11.1 Å². The Balaban J connectivity index is 2.51. The summed E-state index contributed by atoms with van der Waals surface area (Å²) in [7, 11) is 0. The number of hydrogen-bond acceptors (Lipinski definition) is 3. The largest absolute Gasteiger partial charge is 0.353 e. The third-order valence-electron chi connectivity index (χ3n) is 1.98. The maximum Gasteiger partial charge on any atom is 0.241 e. The number of hydrogen-bond donors (Lipinski definition) is 2. The Morgan fingerprint density at radius 2 is 2.13 bits per heavy atom. The lowest BCUT2D eigenvalue weighted by molar-refractivity contribution is -0.122. The van der Waals surface area contributed by atoms with Gasteiger partial charge in [0.1, 0.15) is 6.04 Å². The van der Waals surface area contributed by atoms with E-state index in [1.807, 2.05) is 24.3 Å². The van der Waals surface area contributed by atoms with Crippen LogP contribution in [-0.4, -0.2) is 12.5 Å². The fourth-order valence-electron chi connectivity index (χ4n) is 1.16. The Labute approximate surface area is 88.7 Å². The first kappa shape index (κ1) is 11.2. The zero-order valence-corrected chi connectivity index (χ0v) is 8.31. The smallest absolute Gasteiger partial charge is 0.241 e. The number of nitrogens with one attached hydrogen (secondary N) is 1. The molecular formula is C11H13N3O. The van der Waals surface area contributed by atoms with E-state index < -0.39 is 6.04 Å². The average Bonchev–Trinajstić information content (AvgIpc) is 2.29. The molecule has 0 saturated heterocycles. The fraction of sp³-hybridized carbons (Fsp3) is 0.273. The third-order valence-corrected chi connectivity index (χ3v) is 1.98. The van der Waals surface area contributed by atoms with Crippen molar-refractivity contribution < 1.29 is 4.79 Å². The molecule has 4 nitrogen and oxygen atoms in total. The molecule has 1 aromatic rings. The van der Waals surface area contributed by atoms with Gasteiger partial charge in [-0.15, -0.1) is 0 Å². The highest BCUT2D eigenvalue weighted by molar-refractivity contribution is 5.82. The average molecular weight is 203 g/mol. The lowest BCUT2D eigenvalue weighted by atomic mass is 10.1. The van der Waals surface area contributed by atoms with Crippen molar-refractivity contribution in [2.24, 2.45) is 5.73 Å². The van der Waals surface area contributed by atoms with Crippen LogP contribution in [0.5, 0.6) is 0 Å². The topological polar surface area (TPSA) is 78.9 Å². The van der Waals surface area contributed by atoms with Gasteiger partial charge in [0.15, 0.2) is 0 Å². The summed E-state index contributed by atoms with van der Waals surface area (Å²) in [6, 6.07) is 10.4. The second kappa shape index (κ2) is 5.78. The summed E-state index contributed by atoms with van der Waals surface area (Å²) in [5, 5.41) is 10.9. The first-order valence-corrected chi connectivity index (χ1v) is 4.71. The van der Waals surface area contributed by atoms with Gasteiger partial charge in [0.25, 0.3) is 0 Å². The molecular weight excluding hydrogens is 190 g/mol. The van der Waals surface area contributed by atoms with Crippen molar-refractivity contribution >= 4 is 5.91 Å². The molecule has 1 rings (SSSR count). The third kappa shape index (κ3) is 3.41. The van der Waals surface area contributed by atoms with Crippen LogP contribution in [0.15, 0.2) is 30.3 Å². The highest BCUT2D eigenvalue weighted by Gasteiger charge is 2.13. The van der Waals surface area contributed by atoms with Crippen molar-refractivity contribution in [3.8, 4) is 6.07 Å². The Hall–Kier alpha value is -1.86. The SMILES string of the molecule is N#CCCNC(=O)C(N)c1ccccc1. The Morgan fingerprint density at radius 3 is 2.73 bits per heavy atom. The van der Waals surface area contributed by atoms with Crippen LogP contribution >= 0.6 is 0 Å². The molecule has 4 heteroatoms. The van der Waals surface area contributed by atoms with Crippen molar-refractivity contribution in [3.05, 3.63) is 35.9 Å². The Bertz CT molecular complexity index is 356. The van der Waals surface area contributed by atoms with Crippen molar-refractivity contribution in [1.82, 2.24) is 5.32 Å². The van der Waals surface area contributed by atoms with E-state index in [1.165, 1.54) is 0 Å². The van der Waals surface area contributed by atoms with Crippen LogP contribution in [0.1, 0.15) is 18.0 Å². The zero-order chi connectivity index (χ0) is 11.1. The number of rotatable bonds is 4. The van der Waals surface area contributed by atoms with E-state index in [9.17, 15) is 4.79 Å². The number of carbonyl (C=O) groups is 1. The van der Waals surface area contributed by atoms with E-state index in [2.05, 4.69) is 5.32 Å². The van der Waals surface area contributed by atoms with Crippen LogP contribution in [0.3, 0.4) is 0 Å². The lowest BCUT2D eigenvalue weighted by Gasteiger charge is -2.11. The second-order valence-corrected chi connectivity index (χ2v) is 3.09. The molecule has 0 fully saturated rings. The highest BCUT2D eigenvalue weighted by Crippen LogP contribution is 2.08. The number of amides is 1. The van der Waals surface area contributed by atoms with E-state index in [0.717, 1.165) is 5.56 Å². The molecule has 0 radical (unpaired) electrons. The van der Waals surface area contributed by atoms with E-state index in [-0.39, 0.29) is 5.91 Å². The summed E-state index contributed by atoms with van der Waals surface area (Å²) in [6.07, 6.45) is 0.299. The van der Waals surface area contributed by atoms with E-state index in [0.29, 0.717) is 13.0 Å². The van der Waals surface area contributed by atoms with Gasteiger partial charge in [0.2, 0.25) is 5.91 Å². The van der Waals surface area contributed by atoms with Gasteiger partial charge in [0.05, 0.1) is 12.5 Å². The summed E-state index contributed by atoms with van der Waals surface area (Å²) in [4.78, 5) is 11.5. The number of nitriles is 1. The van der Waals surface area contributed by atoms with Crippen LogP contribution in [0.4, 0.5) is 0 Å². The van der Waals surface area contributed by atoms with Gasteiger partial charge in [-0.1, -0.05) is 30.3 Å². The van der Waals surface area contributed by atoms with Crippen LogP contribution in [0.25, 0.3) is 0 Å². The van der Waals surface area contributed by atoms with Crippen molar-refractivity contribution in [2.75, 3.05) is 6.54 Å². The molecule has 0 spiro atoms. The minimum Gasteiger partial charge on any atom is -0.353 e. The summed E-state index contributed by atoms with van der Waals surface area (Å²) in [6.45, 7) is 0.343. The van der Waals surface area contributed by atoms with Crippen LogP contribution in [-0.2, 0) is 4.79 Å². The standard InChI is InChI=1S/C11H13N3O/c12-7-4-8-14-11(15)10(13)9-5-2-1-3-6-9/h1-3,5-6,10H,4,8,13H2,(H,14,15). The molecule has 0 aromatic heterocycles. The maximum absolute atomic E-state index is 11.5. The second-order valence-electron chi connectivity index (χ2n) is 3.09. The lowest BCUT2D eigenvalue weighted by Crippen LogP contribution is -2.34. The monoisotopic (exact) mass is 203 g/mol. The summed E-state index contributed by atoms with van der Waals surface area (Å²) >= 11 is 0. The molecule has 1 unspecified atom stereocenters. The van der Waals surface area contributed by atoms with E-state index in [1.54, 1.807) is 12.1 Å². The molecule has 15 heavy (non-hydrogen) atoms. The number of carbonyl (C=O) groups excluding carboxylic acids is 1. The minimum atomic E-state index is -0.662. The predicted molar refractivity (Wildman–Crippen MR) is 56.6 cm³/mol. The number of benzene rings is 1. The molecule has 1 aromatic carbocycles. The molecule has 78 valence electrons. The van der Waals surface area contributed by atoms with Crippen LogP contribution in [0.2, 0.25) is 0 Å². The summed E-state index contributed by atoms with van der Waals surface area (Å²) < 4.78 is 0. The first-order valence-electron chi connectivity index (χ1n) is 4.71. The molecule has 0 bridgehead atoms. The number of nitrogens with two attached hydrogens (primary N) is 1. The quantitative estimate of drug-likeness (QED) is 0.707. The van der Waals surface area contributed by atoms with Gasteiger partial charge >= 0.3 is 0 Å². The first-order chi connectivity index (χ1) is 7.25. The van der Waals surface area contributed by atoms with Gasteiger partial charge in [-0.05, 0) is 5.56 Å². The molecule has 3 N–H and O–H groups in total. The Kier molecular flexibility index (Phi) is 4.32. The molecule has 0 heterocycles. The van der Waals surface area contributed by atoms with Gasteiger partial charge in [-0.2, -0.15) is 5.26 Å². The predicted octanol–water partition coefficient (Wildman–Crippen LogP) is 0.716. The van der Waals surface area contributed by atoms with Gasteiger partial charge in [-0.3, -0.25) is 4.79 Å². The van der Waals surface area contributed by atoms with Gasteiger partial charge < -0.3 is 11.1 Å². The molecule has 0 aliphatic carbocycles. The van der Waals surface area contributed by atoms with Crippen molar-refractivity contribution in [3.63, 3.8) is 0 Å². The normalized spacial score (nSPS) is 11.5. The molecule has 1 atom stereocenters. The number of nitrogens with zero attached hydrogens (tertiary/aromatic N) is 1. The fourth-order valence-corrected chi connectivity index (χ4v) is 1.16. The molecule has 0 aliphatic heterocycles. The maximum atomic E-state index is 11.5. The van der Waals surface area contributed by atoms with Gasteiger partial charge in [0, 0.05) is 6.54 Å².